The first kappa shape index (κ1) is 59.6. The van der Waals surface area contributed by atoms with Gasteiger partial charge in [-0.1, -0.05) is 54.6 Å². The van der Waals surface area contributed by atoms with Crippen molar-refractivity contribution in [1.82, 2.24) is 47.5 Å². The van der Waals surface area contributed by atoms with Gasteiger partial charge < -0.3 is 81.9 Å². The molecular formula is C49H72ClN17O8. The molecule has 26 heteroatoms. The second-order valence-corrected chi connectivity index (χ2v) is 18.5. The third-order valence-electron chi connectivity index (χ3n) is 12.1. The molecule has 0 spiro atoms. The van der Waals surface area contributed by atoms with Crippen LogP contribution in [0.4, 0.5) is 0 Å². The number of carbonyl (C=O) groups is 8. The molecule has 3 aromatic rings. The normalized spacial score (nSPS) is 21.1. The molecule has 1 fully saturated rings. The molecule has 25 nitrogen and oxygen atoms in total. The van der Waals surface area contributed by atoms with Crippen LogP contribution in [0.25, 0.3) is 10.9 Å². The highest BCUT2D eigenvalue weighted by Crippen LogP contribution is 2.21. The Labute approximate surface area is 439 Å². The van der Waals surface area contributed by atoms with Gasteiger partial charge in [0.2, 0.25) is 47.3 Å². The van der Waals surface area contributed by atoms with Crippen LogP contribution in [-0.2, 0) is 51.2 Å². The number of benzene rings is 2. The number of fused-ring (bicyclic) bond motifs is 1. The molecule has 0 saturated carbocycles. The molecule has 7 atom stereocenters. The van der Waals surface area contributed by atoms with Crippen LogP contribution in [0, 0.1) is 0 Å². The summed E-state index contributed by atoms with van der Waals surface area (Å²) < 4.78 is 0. The Morgan fingerprint density at radius 2 is 1.31 bits per heavy atom. The average Bonchev–Trinajstić information content (AvgIpc) is 3.77. The first-order valence-electron chi connectivity index (χ1n) is 24.7. The molecule has 21 N–H and O–H groups in total. The molecule has 0 radical (unpaired) electrons. The van der Waals surface area contributed by atoms with Crippen LogP contribution in [0.1, 0.15) is 75.8 Å². The van der Waals surface area contributed by atoms with E-state index in [1.54, 1.807) is 30.5 Å². The molecule has 408 valence electrons. The van der Waals surface area contributed by atoms with Crippen LogP contribution in [0.2, 0.25) is 5.02 Å². The van der Waals surface area contributed by atoms with E-state index in [1.165, 1.54) is 6.92 Å². The highest BCUT2D eigenvalue weighted by molar-refractivity contribution is 6.31. The zero-order valence-corrected chi connectivity index (χ0v) is 42.8. The standard InChI is InChI=1S/C49H72ClN17O8/c1-27(52)33-14-7-21-57-41(69)18-17-37(64-42(70)35(61-28(2)68)15-8-22-58-48(53)54)44(72)65-38(19-20-51)45(73)66-39(24-29-10-3-5-12-32(29)50)47(75)63-36(16-9-23-59-49(55)56)43(71)67-40(46(74)62-33)25-30-26-60-34-13-6-4-11-31(30)34/h3-6,10-13,26,33,35-40,60H,1,7-9,14-25,51-52H2,2H3,(H,57,69)(H,61,68)(H,62,74)(H,63,75)(H,64,70)(H,65,72)(H,66,73)(H,67,71)(H4,53,54,58)(H4,55,56,59)/t33-,35-,36-,37-,38-,39+,40-/m0/s1. The first-order valence-corrected chi connectivity index (χ1v) is 25.0. The van der Waals surface area contributed by atoms with Crippen LogP contribution in [0.5, 0.6) is 0 Å². The van der Waals surface area contributed by atoms with Gasteiger partial charge >= 0.3 is 0 Å². The minimum Gasteiger partial charge on any atom is -0.401 e. The number of H-pyrrole nitrogens is 1. The van der Waals surface area contributed by atoms with Crippen molar-refractivity contribution in [2.45, 2.75) is 120 Å². The first-order chi connectivity index (χ1) is 35.8. The summed E-state index contributed by atoms with van der Waals surface area (Å²) >= 11 is 6.57. The van der Waals surface area contributed by atoms with E-state index in [0.717, 1.165) is 10.9 Å². The van der Waals surface area contributed by atoms with Gasteiger partial charge in [-0.15, -0.1) is 0 Å². The van der Waals surface area contributed by atoms with E-state index >= 15 is 0 Å². The van der Waals surface area contributed by atoms with E-state index in [2.05, 4.69) is 64.1 Å². The zero-order chi connectivity index (χ0) is 55.0. The van der Waals surface area contributed by atoms with E-state index in [0.29, 0.717) is 11.1 Å². The summed E-state index contributed by atoms with van der Waals surface area (Å²) in [5, 5.41) is 22.8. The lowest BCUT2D eigenvalue weighted by molar-refractivity contribution is -0.135. The fraction of sp³-hybridized carbons (Fsp3) is 0.469. The number of rotatable bonds is 18. The van der Waals surface area contributed by atoms with E-state index in [9.17, 15) is 38.4 Å². The molecular weight excluding hydrogens is 990 g/mol. The Balaban J connectivity index is 1.77. The topological polar surface area (TPSA) is 429 Å². The number of aromatic amines is 1. The van der Waals surface area contributed by atoms with Crippen LogP contribution in [-0.4, -0.2) is 133 Å². The van der Waals surface area contributed by atoms with Crippen molar-refractivity contribution in [1.29, 1.82) is 0 Å². The summed E-state index contributed by atoms with van der Waals surface area (Å²) in [6, 6.07) is 5.07. The van der Waals surface area contributed by atoms with Gasteiger partial charge in [-0.25, -0.2) is 0 Å². The second-order valence-electron chi connectivity index (χ2n) is 18.1. The summed E-state index contributed by atoms with van der Waals surface area (Å²) in [6.07, 6.45) is 1.69. The van der Waals surface area contributed by atoms with Gasteiger partial charge in [0.15, 0.2) is 11.9 Å². The van der Waals surface area contributed by atoms with Gasteiger partial charge in [0.05, 0.1) is 6.04 Å². The molecule has 2 aromatic carbocycles. The van der Waals surface area contributed by atoms with Crippen molar-refractivity contribution >= 4 is 81.7 Å². The minimum atomic E-state index is -1.46. The van der Waals surface area contributed by atoms with Gasteiger partial charge in [-0.05, 0) is 81.2 Å². The maximum atomic E-state index is 14.6. The van der Waals surface area contributed by atoms with E-state index in [4.69, 9.17) is 46.0 Å². The van der Waals surface area contributed by atoms with Gasteiger partial charge in [0.25, 0.3) is 0 Å². The number of guanidine groups is 2. The second kappa shape index (κ2) is 30.3. The fourth-order valence-electron chi connectivity index (χ4n) is 8.20. The highest BCUT2D eigenvalue weighted by Gasteiger charge is 2.34. The fourth-order valence-corrected chi connectivity index (χ4v) is 8.41. The average molecular weight is 1060 g/mol. The van der Waals surface area contributed by atoms with Gasteiger partial charge in [0, 0.05) is 73.6 Å². The Hall–Kier alpha value is -7.93. The molecule has 0 bridgehead atoms. The third kappa shape index (κ3) is 20.1. The number of aliphatic imine (C=N–C) groups is 2. The van der Waals surface area contributed by atoms with Crippen molar-refractivity contribution in [3.63, 3.8) is 0 Å². The Morgan fingerprint density at radius 3 is 1.95 bits per heavy atom. The Morgan fingerprint density at radius 1 is 0.733 bits per heavy atom. The van der Waals surface area contributed by atoms with Crippen molar-refractivity contribution < 1.29 is 38.4 Å². The predicted molar refractivity (Wildman–Crippen MR) is 285 cm³/mol. The molecule has 2 heterocycles. The minimum absolute atomic E-state index is 0.00963. The van der Waals surface area contributed by atoms with Crippen LogP contribution >= 0.6 is 11.6 Å². The number of para-hydroxylation sites is 1. The van der Waals surface area contributed by atoms with Gasteiger partial charge in [-0.2, -0.15) is 0 Å². The Bertz CT molecular complexity index is 2550. The molecule has 1 aliphatic heterocycles. The van der Waals surface area contributed by atoms with Crippen molar-refractivity contribution in [2.24, 2.45) is 44.4 Å². The molecule has 4 rings (SSSR count). The molecule has 0 unspecified atom stereocenters. The van der Waals surface area contributed by atoms with Crippen molar-refractivity contribution in [2.75, 3.05) is 26.2 Å². The molecule has 1 aromatic heterocycles. The molecule has 1 aliphatic rings. The molecule has 1 saturated heterocycles. The molecule has 8 amide bonds. The highest BCUT2D eigenvalue weighted by atomic mass is 35.5. The maximum absolute atomic E-state index is 14.6. The molecule has 75 heavy (non-hydrogen) atoms. The monoisotopic (exact) mass is 1060 g/mol. The van der Waals surface area contributed by atoms with Crippen molar-refractivity contribution in [3.8, 4) is 0 Å². The van der Waals surface area contributed by atoms with Gasteiger partial charge in [-0.3, -0.25) is 48.3 Å². The van der Waals surface area contributed by atoms with E-state index < -0.39 is 89.6 Å². The van der Waals surface area contributed by atoms with Gasteiger partial charge in [0.1, 0.15) is 36.3 Å². The SMILES string of the molecule is C=C(N)[C@@H]1CCCNC(=O)CC[C@H](NC(=O)[C@H](CCCN=C(N)N)NC(C)=O)C(=O)N[C@@H](CCN)C(=O)N[C@H](Cc2ccccc2Cl)C(=O)N[C@@H](CCCN=C(N)N)C(=O)N[C@@H](Cc2c[nH]c3ccccc23)C(=O)N1. The lowest BCUT2D eigenvalue weighted by Gasteiger charge is -2.28. The summed E-state index contributed by atoms with van der Waals surface area (Å²) in [7, 11) is 0. The summed E-state index contributed by atoms with van der Waals surface area (Å²) in [5.41, 5.74) is 36.2. The number of nitrogens with two attached hydrogens (primary N) is 6. The van der Waals surface area contributed by atoms with E-state index in [-0.39, 0.29) is 119 Å². The number of amides is 8. The number of hydrogen-bond donors (Lipinski definition) is 15. The molecule has 0 aliphatic carbocycles. The summed E-state index contributed by atoms with van der Waals surface area (Å²) in [6.45, 7) is 5.23. The van der Waals surface area contributed by atoms with Crippen molar-refractivity contribution in [3.05, 3.63) is 83.2 Å². The number of halogens is 1. The number of nitrogens with zero attached hydrogens (tertiary/aromatic N) is 2. The third-order valence-corrected chi connectivity index (χ3v) is 12.5. The largest absolute Gasteiger partial charge is 0.401 e. The summed E-state index contributed by atoms with van der Waals surface area (Å²) in [4.78, 5) is 123. The Kier molecular flexibility index (Phi) is 24.1. The van der Waals surface area contributed by atoms with Crippen LogP contribution in [0.15, 0.2) is 77.0 Å². The number of nitrogens with one attached hydrogen (secondary N) is 9. The zero-order valence-electron chi connectivity index (χ0n) is 42.1. The quantitative estimate of drug-likeness (QED) is 0.0360. The number of hydrogen-bond acceptors (Lipinski definition) is 12. The van der Waals surface area contributed by atoms with E-state index in [1.807, 2.05) is 24.3 Å². The predicted octanol–water partition coefficient (Wildman–Crippen LogP) is -2.36. The van der Waals surface area contributed by atoms with Crippen LogP contribution < -0.4 is 76.9 Å². The number of carbonyl (C=O) groups excluding carboxylic acids is 8. The lowest BCUT2D eigenvalue weighted by Crippen LogP contribution is -2.60. The number of aromatic nitrogens is 1. The van der Waals surface area contributed by atoms with Crippen LogP contribution in [0.3, 0.4) is 0 Å². The lowest BCUT2D eigenvalue weighted by atomic mass is 10.0. The smallest absolute Gasteiger partial charge is 0.243 e. The maximum Gasteiger partial charge on any atom is 0.243 e. The summed E-state index contributed by atoms with van der Waals surface area (Å²) in [5.74, 6) is -6.22.